The third kappa shape index (κ3) is 3.71. The number of nitrogens with zero attached hydrogens (tertiary/aromatic N) is 2. The Hall–Kier alpha value is -1.65. The summed E-state index contributed by atoms with van der Waals surface area (Å²) in [6, 6.07) is 7.74. The fourth-order valence-electron chi connectivity index (χ4n) is 2.34. The predicted octanol–water partition coefficient (Wildman–Crippen LogP) is 3.57. The first-order chi connectivity index (χ1) is 10.0. The van der Waals surface area contributed by atoms with Crippen molar-refractivity contribution >= 4 is 28.5 Å². The van der Waals surface area contributed by atoms with Crippen LogP contribution in [0.4, 0.5) is 0 Å². The van der Waals surface area contributed by atoms with Crippen molar-refractivity contribution < 1.29 is 9.90 Å². The lowest BCUT2D eigenvalue weighted by Gasteiger charge is -2.27. The van der Waals surface area contributed by atoms with Crippen LogP contribution < -0.4 is 0 Å². The molecule has 2 rings (SSSR count). The normalized spacial score (nSPS) is 12.8. The molecule has 0 saturated carbocycles. The second-order valence-corrected chi connectivity index (χ2v) is 5.57. The van der Waals surface area contributed by atoms with Crippen LogP contribution in [0.25, 0.3) is 10.9 Å². The van der Waals surface area contributed by atoms with Gasteiger partial charge in [0.05, 0.1) is 12.1 Å². The average molecular weight is 307 g/mol. The quantitative estimate of drug-likeness (QED) is 0.886. The van der Waals surface area contributed by atoms with E-state index in [1.54, 1.807) is 6.20 Å². The molecule has 2 aromatic rings. The van der Waals surface area contributed by atoms with Gasteiger partial charge in [0.15, 0.2) is 0 Å². The van der Waals surface area contributed by atoms with Crippen molar-refractivity contribution in [1.82, 2.24) is 9.88 Å². The Labute approximate surface area is 129 Å². The molecule has 0 aliphatic carbocycles. The summed E-state index contributed by atoms with van der Waals surface area (Å²) in [4.78, 5) is 17.4. The zero-order chi connectivity index (χ0) is 15.4. The van der Waals surface area contributed by atoms with Gasteiger partial charge in [-0.3, -0.25) is 14.7 Å². The lowest BCUT2D eigenvalue weighted by atomic mass is 10.1. The van der Waals surface area contributed by atoms with E-state index in [1.807, 2.05) is 36.1 Å². The molecule has 1 unspecified atom stereocenters. The molecule has 0 bridgehead atoms. The van der Waals surface area contributed by atoms with Gasteiger partial charge in [-0.1, -0.05) is 24.6 Å². The molecule has 0 spiro atoms. The Balaban J connectivity index is 2.36. The van der Waals surface area contributed by atoms with E-state index in [0.29, 0.717) is 11.6 Å². The molecule has 0 amide bonds. The molecule has 5 heteroatoms. The molecule has 21 heavy (non-hydrogen) atoms. The smallest absolute Gasteiger partial charge is 0.317 e. The number of rotatable bonds is 6. The molecule has 0 aliphatic heterocycles. The molecule has 112 valence electrons. The summed E-state index contributed by atoms with van der Waals surface area (Å²) in [5.41, 5.74) is 1.83. The first kappa shape index (κ1) is 15.7. The largest absolute Gasteiger partial charge is 0.480 e. The van der Waals surface area contributed by atoms with Gasteiger partial charge >= 0.3 is 5.97 Å². The topological polar surface area (TPSA) is 53.4 Å². The molecule has 1 aromatic heterocycles. The number of carboxylic acids is 1. The van der Waals surface area contributed by atoms with Gasteiger partial charge in [0.2, 0.25) is 0 Å². The molecule has 1 atom stereocenters. The Kier molecular flexibility index (Phi) is 5.15. The van der Waals surface area contributed by atoms with Gasteiger partial charge in [-0.25, -0.2) is 0 Å². The van der Waals surface area contributed by atoms with Crippen molar-refractivity contribution in [3.8, 4) is 0 Å². The fourth-order valence-corrected chi connectivity index (χ4v) is 2.56. The predicted molar refractivity (Wildman–Crippen MR) is 84.6 cm³/mol. The maximum atomic E-state index is 11.1. The van der Waals surface area contributed by atoms with E-state index in [-0.39, 0.29) is 12.6 Å². The fraction of sp³-hybridized carbons (Fsp3) is 0.375. The first-order valence-corrected chi connectivity index (χ1v) is 7.38. The average Bonchev–Trinajstić information content (AvgIpc) is 2.48. The Bertz CT molecular complexity index is 645. The van der Waals surface area contributed by atoms with E-state index in [1.165, 1.54) is 0 Å². The number of carboxylic acid groups (broad SMARTS) is 1. The summed E-state index contributed by atoms with van der Waals surface area (Å²) in [6.07, 6.45) is 2.62. The zero-order valence-corrected chi connectivity index (χ0v) is 13.0. The minimum Gasteiger partial charge on any atom is -0.480 e. The van der Waals surface area contributed by atoms with E-state index >= 15 is 0 Å². The number of benzene rings is 1. The zero-order valence-electron chi connectivity index (χ0n) is 12.2. The van der Waals surface area contributed by atoms with Crippen molar-refractivity contribution in [1.29, 1.82) is 0 Å². The molecule has 0 aliphatic rings. The molecule has 0 fully saturated rings. The Morgan fingerprint density at radius 1 is 1.43 bits per heavy atom. The number of pyridine rings is 1. The van der Waals surface area contributed by atoms with Crippen LogP contribution in [0.2, 0.25) is 5.02 Å². The highest BCUT2D eigenvalue weighted by molar-refractivity contribution is 6.35. The van der Waals surface area contributed by atoms with E-state index in [2.05, 4.69) is 11.9 Å². The maximum Gasteiger partial charge on any atom is 0.317 e. The van der Waals surface area contributed by atoms with E-state index < -0.39 is 5.97 Å². The summed E-state index contributed by atoms with van der Waals surface area (Å²) >= 11 is 6.19. The van der Waals surface area contributed by atoms with Crippen LogP contribution in [-0.2, 0) is 11.3 Å². The second kappa shape index (κ2) is 6.87. The standard InChI is InChI=1S/C16H19ClN2O2/c1-3-11(2)19(10-15(20)21)9-12-6-7-14(17)13-5-4-8-18-16(12)13/h4-8,11H,3,9-10H2,1-2H3,(H,20,21). The summed E-state index contributed by atoms with van der Waals surface area (Å²) in [7, 11) is 0. The monoisotopic (exact) mass is 306 g/mol. The summed E-state index contributed by atoms with van der Waals surface area (Å²) < 4.78 is 0. The second-order valence-electron chi connectivity index (χ2n) is 5.16. The number of aromatic nitrogens is 1. The molecule has 1 N–H and O–H groups in total. The summed E-state index contributed by atoms with van der Waals surface area (Å²) in [6.45, 7) is 4.66. The van der Waals surface area contributed by atoms with Crippen LogP contribution >= 0.6 is 11.6 Å². The van der Waals surface area contributed by atoms with Gasteiger partial charge in [0, 0.05) is 29.2 Å². The van der Waals surface area contributed by atoms with Crippen LogP contribution in [0.5, 0.6) is 0 Å². The maximum absolute atomic E-state index is 11.1. The molecular formula is C16H19ClN2O2. The van der Waals surface area contributed by atoms with Gasteiger partial charge < -0.3 is 5.11 Å². The van der Waals surface area contributed by atoms with Gasteiger partial charge in [-0.05, 0) is 37.1 Å². The molecule has 0 radical (unpaired) electrons. The summed E-state index contributed by atoms with van der Waals surface area (Å²) in [5.74, 6) is -0.818. The Morgan fingerprint density at radius 2 is 2.19 bits per heavy atom. The van der Waals surface area contributed by atoms with E-state index in [0.717, 1.165) is 22.9 Å². The van der Waals surface area contributed by atoms with Gasteiger partial charge in [-0.15, -0.1) is 0 Å². The highest BCUT2D eigenvalue weighted by atomic mass is 35.5. The number of hydrogen-bond donors (Lipinski definition) is 1. The number of hydrogen-bond acceptors (Lipinski definition) is 3. The van der Waals surface area contributed by atoms with Crippen molar-refractivity contribution in [2.45, 2.75) is 32.9 Å². The van der Waals surface area contributed by atoms with Gasteiger partial charge in [0.1, 0.15) is 0 Å². The number of aliphatic carboxylic acids is 1. The molecule has 1 aromatic carbocycles. The lowest BCUT2D eigenvalue weighted by molar-refractivity contribution is -0.139. The lowest BCUT2D eigenvalue weighted by Crippen LogP contribution is -2.36. The Morgan fingerprint density at radius 3 is 2.86 bits per heavy atom. The van der Waals surface area contributed by atoms with Crippen molar-refractivity contribution in [2.24, 2.45) is 0 Å². The molecule has 4 nitrogen and oxygen atoms in total. The molecular weight excluding hydrogens is 288 g/mol. The number of halogens is 1. The first-order valence-electron chi connectivity index (χ1n) is 7.01. The van der Waals surface area contributed by atoms with Crippen LogP contribution in [0, 0.1) is 0 Å². The van der Waals surface area contributed by atoms with E-state index in [9.17, 15) is 4.79 Å². The number of carbonyl (C=O) groups is 1. The van der Waals surface area contributed by atoms with Crippen molar-refractivity contribution in [3.05, 3.63) is 41.0 Å². The van der Waals surface area contributed by atoms with E-state index in [4.69, 9.17) is 16.7 Å². The molecule has 0 saturated heterocycles. The van der Waals surface area contributed by atoms with Crippen LogP contribution in [-0.4, -0.2) is 33.5 Å². The third-order valence-corrected chi connectivity index (χ3v) is 4.06. The highest BCUT2D eigenvalue weighted by Crippen LogP contribution is 2.26. The third-order valence-electron chi connectivity index (χ3n) is 3.73. The number of fused-ring (bicyclic) bond motifs is 1. The summed E-state index contributed by atoms with van der Waals surface area (Å²) in [5, 5.41) is 10.6. The van der Waals surface area contributed by atoms with Crippen LogP contribution in [0.3, 0.4) is 0 Å². The van der Waals surface area contributed by atoms with Gasteiger partial charge in [-0.2, -0.15) is 0 Å². The molecule has 1 heterocycles. The highest BCUT2D eigenvalue weighted by Gasteiger charge is 2.17. The van der Waals surface area contributed by atoms with Crippen LogP contribution in [0.1, 0.15) is 25.8 Å². The SMILES string of the molecule is CCC(C)N(CC(=O)O)Cc1ccc(Cl)c2cccnc12. The minimum atomic E-state index is -0.818. The van der Waals surface area contributed by atoms with Crippen molar-refractivity contribution in [3.63, 3.8) is 0 Å². The van der Waals surface area contributed by atoms with Crippen molar-refractivity contribution in [2.75, 3.05) is 6.54 Å². The van der Waals surface area contributed by atoms with Crippen LogP contribution in [0.15, 0.2) is 30.5 Å². The minimum absolute atomic E-state index is 0.0198. The van der Waals surface area contributed by atoms with Gasteiger partial charge in [0.25, 0.3) is 0 Å².